The summed E-state index contributed by atoms with van der Waals surface area (Å²) in [5, 5.41) is 9.33. The molecule has 0 radical (unpaired) electrons. The molecule has 3 N–H and O–H groups in total. The number of fused-ring (bicyclic) bond motifs is 1. The summed E-state index contributed by atoms with van der Waals surface area (Å²) in [5.74, 6) is -0.0802. The zero-order valence-corrected chi connectivity index (χ0v) is 18.1. The number of anilines is 1. The van der Waals surface area contributed by atoms with Crippen LogP contribution < -0.4 is 10.6 Å². The molecule has 2 aromatic heterocycles. The van der Waals surface area contributed by atoms with Crippen LogP contribution in [0.15, 0.2) is 60.1 Å². The smallest absolute Gasteiger partial charge is 0.230 e. The van der Waals surface area contributed by atoms with E-state index in [0.29, 0.717) is 18.1 Å². The van der Waals surface area contributed by atoms with Crippen molar-refractivity contribution in [2.24, 2.45) is 0 Å². The summed E-state index contributed by atoms with van der Waals surface area (Å²) in [5.41, 5.74) is 5.08. The molecule has 2 amide bonds. The third-order valence-electron chi connectivity index (χ3n) is 5.04. The number of aromatic amines is 1. The fraction of sp³-hybridized carbons (Fsp3) is 0.208. The number of aryl methyl sites for hydroxylation is 1. The highest BCUT2D eigenvalue weighted by molar-refractivity contribution is 7.14. The first-order chi connectivity index (χ1) is 15.1. The van der Waals surface area contributed by atoms with Crippen molar-refractivity contribution in [3.05, 3.63) is 71.2 Å². The van der Waals surface area contributed by atoms with E-state index in [-0.39, 0.29) is 11.8 Å². The molecule has 0 aliphatic rings. The van der Waals surface area contributed by atoms with Crippen LogP contribution in [0.3, 0.4) is 0 Å². The number of hydrogen-bond acceptors (Lipinski definition) is 4. The van der Waals surface area contributed by atoms with Crippen molar-refractivity contribution >= 4 is 39.2 Å². The first kappa shape index (κ1) is 20.8. The van der Waals surface area contributed by atoms with Gasteiger partial charge in [-0.05, 0) is 30.0 Å². The largest absolute Gasteiger partial charge is 0.361 e. The molecule has 158 valence electrons. The van der Waals surface area contributed by atoms with Gasteiger partial charge in [0.2, 0.25) is 11.8 Å². The summed E-state index contributed by atoms with van der Waals surface area (Å²) in [4.78, 5) is 31.2. The molecule has 0 atom stereocenters. The topological polar surface area (TPSA) is 86.9 Å². The van der Waals surface area contributed by atoms with Gasteiger partial charge < -0.3 is 15.6 Å². The lowest BCUT2D eigenvalue weighted by atomic mass is 10.1. The van der Waals surface area contributed by atoms with Crippen molar-refractivity contribution in [2.75, 3.05) is 11.9 Å². The van der Waals surface area contributed by atoms with E-state index < -0.39 is 0 Å². The second kappa shape index (κ2) is 9.57. The molecule has 31 heavy (non-hydrogen) atoms. The zero-order chi connectivity index (χ0) is 21.6. The van der Waals surface area contributed by atoms with E-state index in [0.717, 1.165) is 40.6 Å². The van der Waals surface area contributed by atoms with Crippen LogP contribution in [0.2, 0.25) is 0 Å². The number of H-pyrrole nitrogens is 1. The van der Waals surface area contributed by atoms with E-state index in [2.05, 4.69) is 32.7 Å². The molecule has 0 bridgehead atoms. The molecule has 0 fully saturated rings. The molecule has 4 aromatic rings. The maximum absolute atomic E-state index is 12.5. The van der Waals surface area contributed by atoms with Crippen molar-refractivity contribution in [1.82, 2.24) is 15.3 Å². The number of amides is 2. The number of thiazole rings is 1. The highest BCUT2D eigenvalue weighted by atomic mass is 32.1. The zero-order valence-electron chi connectivity index (χ0n) is 17.3. The quantitative estimate of drug-likeness (QED) is 0.357. The van der Waals surface area contributed by atoms with Crippen LogP contribution in [0.25, 0.3) is 22.2 Å². The number of hydrogen-bond donors (Lipinski definition) is 3. The van der Waals surface area contributed by atoms with Gasteiger partial charge in [0, 0.05) is 41.5 Å². The summed E-state index contributed by atoms with van der Waals surface area (Å²) < 4.78 is 0. The van der Waals surface area contributed by atoms with E-state index in [1.54, 1.807) is 0 Å². The Hall–Kier alpha value is -3.45. The lowest BCUT2D eigenvalue weighted by Crippen LogP contribution is -2.21. The van der Waals surface area contributed by atoms with Gasteiger partial charge in [-0.15, -0.1) is 11.3 Å². The molecule has 0 unspecified atom stereocenters. The Kier molecular flexibility index (Phi) is 6.43. The Labute approximate surface area is 184 Å². The van der Waals surface area contributed by atoms with Crippen molar-refractivity contribution in [2.45, 2.75) is 26.2 Å². The maximum Gasteiger partial charge on any atom is 0.230 e. The van der Waals surface area contributed by atoms with Crippen LogP contribution in [-0.2, 0) is 22.4 Å². The second-order valence-corrected chi connectivity index (χ2v) is 8.26. The molecule has 0 aliphatic carbocycles. The van der Waals surface area contributed by atoms with Crippen molar-refractivity contribution in [3.63, 3.8) is 0 Å². The van der Waals surface area contributed by atoms with Crippen LogP contribution in [0.5, 0.6) is 0 Å². The molecule has 0 spiro atoms. The Balaban J connectivity index is 1.33. The number of benzene rings is 2. The molecular weight excluding hydrogens is 408 g/mol. The van der Waals surface area contributed by atoms with Crippen molar-refractivity contribution < 1.29 is 9.59 Å². The maximum atomic E-state index is 12.5. The van der Waals surface area contributed by atoms with Gasteiger partial charge in [0.05, 0.1) is 12.1 Å². The van der Waals surface area contributed by atoms with Gasteiger partial charge in [-0.3, -0.25) is 9.59 Å². The van der Waals surface area contributed by atoms with Gasteiger partial charge in [0.1, 0.15) is 0 Å². The number of para-hydroxylation sites is 1. The Morgan fingerprint density at radius 1 is 1.10 bits per heavy atom. The predicted octanol–water partition coefficient (Wildman–Crippen LogP) is 4.54. The molecule has 2 aromatic carbocycles. The number of carbonyl (C=O) groups excluding carboxylic acids is 2. The molecular formula is C24H24N4O2S. The highest BCUT2D eigenvalue weighted by Crippen LogP contribution is 2.26. The molecule has 2 heterocycles. The van der Waals surface area contributed by atoms with E-state index in [1.807, 2.05) is 48.0 Å². The van der Waals surface area contributed by atoms with Crippen LogP contribution in [-0.4, -0.2) is 28.3 Å². The Bertz CT molecular complexity index is 1190. The second-order valence-electron chi connectivity index (χ2n) is 7.41. The van der Waals surface area contributed by atoms with Gasteiger partial charge >= 0.3 is 0 Å². The highest BCUT2D eigenvalue weighted by Gasteiger charge is 2.11. The summed E-state index contributed by atoms with van der Waals surface area (Å²) >= 11 is 1.42. The van der Waals surface area contributed by atoms with Crippen LogP contribution in [0.1, 0.15) is 24.5 Å². The fourth-order valence-corrected chi connectivity index (χ4v) is 4.21. The Morgan fingerprint density at radius 3 is 2.71 bits per heavy atom. The van der Waals surface area contributed by atoms with Gasteiger partial charge in [0.25, 0.3) is 0 Å². The number of nitrogens with zero attached hydrogens (tertiary/aromatic N) is 1. The lowest BCUT2D eigenvalue weighted by Gasteiger charge is -2.04. The first-order valence-corrected chi connectivity index (χ1v) is 11.1. The number of nitrogens with one attached hydrogen (secondary N) is 3. The third-order valence-corrected chi connectivity index (χ3v) is 5.80. The van der Waals surface area contributed by atoms with E-state index >= 15 is 0 Å². The van der Waals surface area contributed by atoms with Crippen molar-refractivity contribution in [1.29, 1.82) is 0 Å². The average Bonchev–Trinajstić information content (AvgIpc) is 3.39. The lowest BCUT2D eigenvalue weighted by molar-refractivity contribution is -0.119. The van der Waals surface area contributed by atoms with E-state index in [1.165, 1.54) is 23.8 Å². The monoisotopic (exact) mass is 432 g/mol. The minimum absolute atomic E-state index is 0.00299. The number of carbonyl (C=O) groups is 2. The summed E-state index contributed by atoms with van der Waals surface area (Å²) in [6.45, 7) is 2.21. The fourth-order valence-electron chi connectivity index (χ4n) is 3.48. The summed E-state index contributed by atoms with van der Waals surface area (Å²) in [7, 11) is 0. The van der Waals surface area contributed by atoms with E-state index in [9.17, 15) is 9.59 Å². The minimum atomic E-state index is -0.0832. The van der Waals surface area contributed by atoms with Crippen molar-refractivity contribution in [3.8, 4) is 11.3 Å². The summed E-state index contributed by atoms with van der Waals surface area (Å²) in [6.07, 6.45) is 4.00. The third kappa shape index (κ3) is 5.38. The van der Waals surface area contributed by atoms with Crippen LogP contribution in [0, 0.1) is 0 Å². The van der Waals surface area contributed by atoms with E-state index in [4.69, 9.17) is 0 Å². The van der Waals surface area contributed by atoms with Gasteiger partial charge in [-0.2, -0.15) is 0 Å². The molecule has 0 saturated heterocycles. The molecule has 4 rings (SSSR count). The first-order valence-electron chi connectivity index (χ1n) is 10.2. The Morgan fingerprint density at radius 2 is 1.90 bits per heavy atom. The summed E-state index contributed by atoms with van der Waals surface area (Å²) in [6, 6.07) is 16.2. The molecule has 0 saturated carbocycles. The van der Waals surface area contributed by atoms with Gasteiger partial charge in [-0.1, -0.05) is 42.5 Å². The van der Waals surface area contributed by atoms with Gasteiger partial charge in [-0.25, -0.2) is 4.98 Å². The standard InChI is InChI=1S/C24H24N4O2S/c1-16(29)25-12-4-5-17-8-10-18(11-9-17)22-15-31-24(27-22)28-23(30)13-19-14-26-21-7-3-2-6-20(19)21/h2-3,6-11,14-15,26H,4-5,12-13H2,1H3,(H,25,29)(H,27,28,30). The molecule has 6 nitrogen and oxygen atoms in total. The molecule has 0 aliphatic heterocycles. The van der Waals surface area contributed by atoms with Gasteiger partial charge in [0.15, 0.2) is 5.13 Å². The predicted molar refractivity (Wildman–Crippen MR) is 125 cm³/mol. The number of rotatable bonds is 8. The molecule has 7 heteroatoms. The normalized spacial score (nSPS) is 10.9. The van der Waals surface area contributed by atoms with Crippen LogP contribution >= 0.6 is 11.3 Å². The SMILES string of the molecule is CC(=O)NCCCc1ccc(-c2csc(NC(=O)Cc3c[nH]c4ccccc34)n2)cc1. The van der Waals surface area contributed by atoms with Crippen LogP contribution in [0.4, 0.5) is 5.13 Å². The average molecular weight is 433 g/mol. The number of aromatic nitrogens is 2. The minimum Gasteiger partial charge on any atom is -0.361 e.